The lowest BCUT2D eigenvalue weighted by Gasteiger charge is -2.25. The Labute approximate surface area is 88.1 Å². The van der Waals surface area contributed by atoms with E-state index >= 15 is 0 Å². The minimum absolute atomic E-state index is 0.0103. The number of hydrogen-bond donors (Lipinski definition) is 0. The van der Waals surface area contributed by atoms with Gasteiger partial charge in [-0.15, -0.1) is 0 Å². The summed E-state index contributed by atoms with van der Waals surface area (Å²) in [5, 5.41) is 11.4. The number of pyridine rings is 1. The molecule has 0 saturated carbocycles. The number of rotatable bonds is 1. The van der Waals surface area contributed by atoms with Gasteiger partial charge in [0.15, 0.2) is 11.6 Å². The van der Waals surface area contributed by atoms with Crippen LogP contribution in [0.2, 0.25) is 0 Å². The summed E-state index contributed by atoms with van der Waals surface area (Å²) in [6.45, 7) is 7.46. The molecule has 1 atom stereocenters. The van der Waals surface area contributed by atoms with Gasteiger partial charge in [0.2, 0.25) is 11.9 Å². The van der Waals surface area contributed by atoms with Crippen molar-refractivity contribution >= 4 is 0 Å². The van der Waals surface area contributed by atoms with Crippen LogP contribution in [0.5, 0.6) is 0 Å². The summed E-state index contributed by atoms with van der Waals surface area (Å²) in [5.74, 6) is -1.92. The Morgan fingerprint density at radius 2 is 1.87 bits per heavy atom. The zero-order chi connectivity index (χ0) is 11.8. The van der Waals surface area contributed by atoms with Gasteiger partial charge in [0.1, 0.15) is 0 Å². The van der Waals surface area contributed by atoms with E-state index in [-0.39, 0.29) is 21.8 Å². The lowest BCUT2D eigenvalue weighted by Crippen LogP contribution is -2.37. The van der Waals surface area contributed by atoms with Crippen molar-refractivity contribution in [1.29, 1.82) is 0 Å². The quantitative estimate of drug-likeness (QED) is 0.522. The summed E-state index contributed by atoms with van der Waals surface area (Å²) in [5.41, 5.74) is -0.255. The van der Waals surface area contributed by atoms with Crippen molar-refractivity contribution in [2.75, 3.05) is 0 Å². The summed E-state index contributed by atoms with van der Waals surface area (Å²) < 4.78 is 26.4. The van der Waals surface area contributed by atoms with Crippen molar-refractivity contribution in [3.05, 3.63) is 34.8 Å². The predicted molar refractivity (Wildman–Crippen MR) is 53.2 cm³/mol. The van der Waals surface area contributed by atoms with Gasteiger partial charge in [0.25, 0.3) is 0 Å². The first kappa shape index (κ1) is 11.9. The predicted octanol–water partition coefficient (Wildman–Crippen LogP) is 2.75. The minimum Gasteiger partial charge on any atom is -0.618 e. The molecule has 1 aromatic heterocycles. The van der Waals surface area contributed by atoms with Crippen LogP contribution in [0.25, 0.3) is 0 Å². The number of hydrogen-bond acceptors (Lipinski definition) is 1. The molecule has 1 aromatic rings. The first-order valence-electron chi connectivity index (χ1n) is 4.81. The highest BCUT2D eigenvalue weighted by Gasteiger charge is 2.31. The van der Waals surface area contributed by atoms with Crippen LogP contribution in [0.4, 0.5) is 8.78 Å². The van der Waals surface area contributed by atoms with Crippen molar-refractivity contribution in [3.63, 3.8) is 0 Å². The molecule has 0 radical (unpaired) electrons. The number of aromatic nitrogens is 1. The maximum Gasteiger partial charge on any atom is 0.232 e. The Balaban J connectivity index is 3.26. The normalized spacial score (nSPS) is 14.0. The average molecular weight is 215 g/mol. The number of halogens is 2. The Kier molecular flexibility index (Phi) is 2.98. The fraction of sp³-hybridized carbons (Fsp3) is 0.545. The molecule has 2 nitrogen and oxygen atoms in total. The van der Waals surface area contributed by atoms with Crippen molar-refractivity contribution in [1.82, 2.24) is 0 Å². The van der Waals surface area contributed by atoms with Gasteiger partial charge in [-0.05, 0) is 5.41 Å². The van der Waals surface area contributed by atoms with Gasteiger partial charge in [-0.25, -0.2) is 4.39 Å². The highest BCUT2D eigenvalue weighted by molar-refractivity contribution is 5.10. The third kappa shape index (κ3) is 2.43. The second-order valence-electron chi connectivity index (χ2n) is 4.81. The summed E-state index contributed by atoms with van der Waals surface area (Å²) in [4.78, 5) is 0. The van der Waals surface area contributed by atoms with E-state index in [0.29, 0.717) is 0 Å². The SMILES string of the molecule is C[C@H](c1c(F)cc(F)c[n+]1[O-])C(C)(C)C. The molecule has 0 fully saturated rings. The smallest absolute Gasteiger partial charge is 0.232 e. The topological polar surface area (TPSA) is 26.9 Å². The molecule has 0 N–H and O–H groups in total. The lowest BCUT2D eigenvalue weighted by atomic mass is 9.80. The summed E-state index contributed by atoms with van der Waals surface area (Å²) >= 11 is 0. The Hall–Kier alpha value is -1.19. The van der Waals surface area contributed by atoms with Crippen LogP contribution >= 0.6 is 0 Å². The fourth-order valence-corrected chi connectivity index (χ4v) is 1.33. The van der Waals surface area contributed by atoms with Gasteiger partial charge in [0, 0.05) is 6.07 Å². The van der Waals surface area contributed by atoms with E-state index < -0.39 is 11.6 Å². The maximum absolute atomic E-state index is 13.4. The second-order valence-corrected chi connectivity index (χ2v) is 4.81. The van der Waals surface area contributed by atoms with Crippen molar-refractivity contribution in [2.24, 2.45) is 5.41 Å². The molecule has 0 unspecified atom stereocenters. The molecule has 0 aliphatic carbocycles. The molecular formula is C11H15F2NO. The zero-order valence-corrected chi connectivity index (χ0v) is 9.34. The van der Waals surface area contributed by atoms with E-state index in [2.05, 4.69) is 0 Å². The molecule has 15 heavy (non-hydrogen) atoms. The molecule has 0 amide bonds. The van der Waals surface area contributed by atoms with Crippen LogP contribution < -0.4 is 4.73 Å². The van der Waals surface area contributed by atoms with E-state index in [0.717, 1.165) is 12.3 Å². The van der Waals surface area contributed by atoms with E-state index in [4.69, 9.17) is 0 Å². The van der Waals surface area contributed by atoms with Gasteiger partial charge in [-0.2, -0.15) is 9.12 Å². The second kappa shape index (κ2) is 3.76. The third-order valence-corrected chi connectivity index (χ3v) is 2.70. The average Bonchev–Trinajstić information content (AvgIpc) is 1.99. The van der Waals surface area contributed by atoms with Crippen LogP contribution in [0.15, 0.2) is 12.3 Å². The molecule has 0 aliphatic rings. The van der Waals surface area contributed by atoms with Crippen LogP contribution in [0.1, 0.15) is 39.3 Å². The summed E-state index contributed by atoms with van der Waals surface area (Å²) in [6.07, 6.45) is 0.751. The summed E-state index contributed by atoms with van der Waals surface area (Å²) in [6, 6.07) is 0.742. The fourth-order valence-electron chi connectivity index (χ4n) is 1.33. The molecule has 0 aromatic carbocycles. The van der Waals surface area contributed by atoms with Crippen molar-refractivity contribution in [2.45, 2.75) is 33.6 Å². The highest BCUT2D eigenvalue weighted by atomic mass is 19.1. The Morgan fingerprint density at radius 3 is 2.27 bits per heavy atom. The minimum atomic E-state index is -0.854. The van der Waals surface area contributed by atoms with Crippen LogP contribution in [-0.2, 0) is 0 Å². The standard InChI is InChI=1S/C11H15F2NO/c1-7(11(2,3)4)10-9(13)5-8(12)6-14(10)15/h5-7H,1-4H3/t7-/m1/s1. The van der Waals surface area contributed by atoms with Crippen molar-refractivity contribution < 1.29 is 13.5 Å². The molecule has 0 spiro atoms. The first-order chi connectivity index (χ1) is 6.73. The third-order valence-electron chi connectivity index (χ3n) is 2.70. The highest BCUT2D eigenvalue weighted by Crippen LogP contribution is 2.33. The van der Waals surface area contributed by atoms with Gasteiger partial charge in [-0.3, -0.25) is 0 Å². The lowest BCUT2D eigenvalue weighted by molar-refractivity contribution is -0.620. The molecular weight excluding hydrogens is 200 g/mol. The largest absolute Gasteiger partial charge is 0.618 e. The maximum atomic E-state index is 13.4. The van der Waals surface area contributed by atoms with E-state index in [1.165, 1.54) is 0 Å². The van der Waals surface area contributed by atoms with Gasteiger partial charge in [0.05, 0.1) is 5.92 Å². The molecule has 4 heteroatoms. The molecule has 0 saturated heterocycles. The zero-order valence-electron chi connectivity index (χ0n) is 9.34. The first-order valence-corrected chi connectivity index (χ1v) is 4.81. The molecule has 84 valence electrons. The molecule has 0 bridgehead atoms. The summed E-state index contributed by atoms with van der Waals surface area (Å²) in [7, 11) is 0. The van der Waals surface area contributed by atoms with Crippen molar-refractivity contribution in [3.8, 4) is 0 Å². The Morgan fingerprint density at radius 1 is 1.33 bits per heavy atom. The van der Waals surface area contributed by atoms with Gasteiger partial charge >= 0.3 is 0 Å². The van der Waals surface area contributed by atoms with E-state index in [1.54, 1.807) is 6.92 Å². The van der Waals surface area contributed by atoms with E-state index in [1.807, 2.05) is 20.8 Å². The molecule has 1 rings (SSSR count). The van der Waals surface area contributed by atoms with Crippen LogP contribution in [0.3, 0.4) is 0 Å². The molecule has 0 aliphatic heterocycles. The Bertz CT molecular complexity index is 348. The van der Waals surface area contributed by atoms with E-state index in [9.17, 15) is 14.0 Å². The van der Waals surface area contributed by atoms with Gasteiger partial charge < -0.3 is 5.21 Å². The van der Waals surface area contributed by atoms with Crippen LogP contribution in [0, 0.1) is 22.3 Å². The number of nitrogens with zero attached hydrogens (tertiary/aromatic N) is 1. The monoisotopic (exact) mass is 215 g/mol. The molecule has 1 heterocycles. The van der Waals surface area contributed by atoms with Gasteiger partial charge in [-0.1, -0.05) is 27.7 Å². The van der Waals surface area contributed by atoms with Crippen LogP contribution in [-0.4, -0.2) is 0 Å².